The monoisotopic (exact) mass is 254 g/mol. The third-order valence-electron chi connectivity index (χ3n) is 3.91. The molecule has 2 N–H and O–H groups in total. The van der Waals surface area contributed by atoms with Crippen molar-refractivity contribution >= 4 is 5.97 Å². The lowest BCUT2D eigenvalue weighted by atomic mass is 9.75. The van der Waals surface area contributed by atoms with Gasteiger partial charge in [-0.25, -0.2) is 0 Å². The molecule has 0 amide bonds. The maximum atomic E-state index is 11.4. The van der Waals surface area contributed by atoms with Crippen LogP contribution in [0.1, 0.15) is 45.4 Å². The van der Waals surface area contributed by atoms with E-state index in [0.29, 0.717) is 38.3 Å². The number of hydrogen-bond donors (Lipinski definition) is 2. The zero-order chi connectivity index (χ0) is 13.4. The summed E-state index contributed by atoms with van der Waals surface area (Å²) in [7, 11) is 0. The maximum absolute atomic E-state index is 11.4. The van der Waals surface area contributed by atoms with Gasteiger partial charge in [-0.05, 0) is 50.1 Å². The highest BCUT2D eigenvalue weighted by Crippen LogP contribution is 2.33. The Morgan fingerprint density at radius 3 is 2.72 bits per heavy atom. The van der Waals surface area contributed by atoms with Crippen molar-refractivity contribution in [2.45, 2.75) is 51.0 Å². The summed E-state index contributed by atoms with van der Waals surface area (Å²) in [6.07, 6.45) is 5.16. The summed E-state index contributed by atoms with van der Waals surface area (Å²) >= 11 is 0. The molecule has 0 bridgehead atoms. The summed E-state index contributed by atoms with van der Waals surface area (Å²) in [5, 5.41) is 16.0. The molecule has 0 heterocycles. The van der Waals surface area contributed by atoms with Gasteiger partial charge in [-0.1, -0.05) is 18.5 Å². The van der Waals surface area contributed by atoms with Crippen LogP contribution in [0.2, 0.25) is 0 Å². The smallest absolute Gasteiger partial charge is 0.323 e. The number of carbonyl (C=O) groups is 1. The number of nitrogens with zero attached hydrogens (tertiary/aromatic N) is 3. The lowest BCUT2D eigenvalue weighted by Crippen LogP contribution is -2.54. The van der Waals surface area contributed by atoms with E-state index in [1.54, 1.807) is 0 Å². The van der Waals surface area contributed by atoms with Gasteiger partial charge in [0, 0.05) is 11.5 Å². The molecule has 0 aromatic heterocycles. The number of aliphatic carboxylic acids is 1. The van der Waals surface area contributed by atoms with Crippen molar-refractivity contribution in [3.05, 3.63) is 10.4 Å². The molecular weight excluding hydrogens is 232 g/mol. The summed E-state index contributed by atoms with van der Waals surface area (Å²) in [5.41, 5.74) is 7.39. The van der Waals surface area contributed by atoms with Gasteiger partial charge in [0.2, 0.25) is 0 Å². The fourth-order valence-electron chi connectivity index (χ4n) is 2.57. The van der Waals surface area contributed by atoms with E-state index in [4.69, 9.17) is 5.53 Å². The molecule has 1 fully saturated rings. The molecule has 18 heavy (non-hydrogen) atoms. The molecule has 0 saturated heterocycles. The Morgan fingerprint density at radius 2 is 2.22 bits per heavy atom. The topological polar surface area (TPSA) is 98.1 Å². The van der Waals surface area contributed by atoms with E-state index < -0.39 is 11.5 Å². The predicted molar refractivity (Wildman–Crippen MR) is 69.2 cm³/mol. The van der Waals surface area contributed by atoms with Crippen LogP contribution in [0, 0.1) is 5.92 Å². The van der Waals surface area contributed by atoms with Gasteiger partial charge >= 0.3 is 5.97 Å². The fourth-order valence-corrected chi connectivity index (χ4v) is 2.57. The van der Waals surface area contributed by atoms with Gasteiger partial charge in [-0.2, -0.15) is 0 Å². The number of hydrogen-bond acceptors (Lipinski definition) is 3. The minimum Gasteiger partial charge on any atom is -0.480 e. The Kier molecular flexibility index (Phi) is 5.95. The van der Waals surface area contributed by atoms with Gasteiger partial charge in [0.1, 0.15) is 5.54 Å². The number of nitrogens with one attached hydrogen (secondary N) is 1. The first-order chi connectivity index (χ1) is 8.64. The van der Waals surface area contributed by atoms with Crippen LogP contribution in [0.5, 0.6) is 0 Å². The van der Waals surface area contributed by atoms with Gasteiger partial charge in [-0.15, -0.1) is 0 Å². The van der Waals surface area contributed by atoms with Crippen molar-refractivity contribution in [3.8, 4) is 0 Å². The summed E-state index contributed by atoms with van der Waals surface area (Å²) in [5.74, 6) is -0.0803. The van der Waals surface area contributed by atoms with Crippen molar-refractivity contribution < 1.29 is 9.90 Å². The lowest BCUT2D eigenvalue weighted by Gasteiger charge is -2.37. The normalized spacial score (nSPS) is 27.5. The fraction of sp³-hybridized carbons (Fsp3) is 0.917. The molecule has 6 heteroatoms. The van der Waals surface area contributed by atoms with E-state index in [9.17, 15) is 9.90 Å². The van der Waals surface area contributed by atoms with Crippen molar-refractivity contribution in [1.82, 2.24) is 5.32 Å². The number of carboxylic acid groups (broad SMARTS) is 1. The van der Waals surface area contributed by atoms with Crippen molar-refractivity contribution in [1.29, 1.82) is 0 Å². The molecule has 0 aromatic carbocycles. The van der Waals surface area contributed by atoms with Crippen molar-refractivity contribution in [3.63, 3.8) is 0 Å². The van der Waals surface area contributed by atoms with E-state index in [1.165, 1.54) is 0 Å². The minimum absolute atomic E-state index is 0.413. The Morgan fingerprint density at radius 1 is 1.56 bits per heavy atom. The average Bonchev–Trinajstić information content (AvgIpc) is 2.39. The molecule has 0 spiro atoms. The second-order valence-electron chi connectivity index (χ2n) is 4.97. The molecule has 0 unspecified atom stereocenters. The zero-order valence-electron chi connectivity index (χ0n) is 10.9. The Balaban J connectivity index is 2.44. The number of carboxylic acids is 1. The number of rotatable bonds is 7. The first-order valence-corrected chi connectivity index (χ1v) is 6.64. The van der Waals surface area contributed by atoms with E-state index in [-0.39, 0.29) is 0 Å². The molecule has 0 atom stereocenters. The third-order valence-corrected chi connectivity index (χ3v) is 3.91. The average molecular weight is 254 g/mol. The van der Waals surface area contributed by atoms with Crippen LogP contribution < -0.4 is 5.32 Å². The number of azide groups is 1. The quantitative estimate of drug-likeness (QED) is 0.316. The Labute approximate surface area is 107 Å². The first kappa shape index (κ1) is 14.8. The second-order valence-corrected chi connectivity index (χ2v) is 4.97. The molecule has 0 radical (unpaired) electrons. The van der Waals surface area contributed by atoms with Crippen molar-refractivity contribution in [2.75, 3.05) is 13.1 Å². The third kappa shape index (κ3) is 3.89. The molecule has 0 aliphatic heterocycles. The van der Waals surface area contributed by atoms with E-state index >= 15 is 0 Å². The van der Waals surface area contributed by atoms with Crippen LogP contribution in [0.15, 0.2) is 5.11 Å². The van der Waals surface area contributed by atoms with Crippen LogP contribution >= 0.6 is 0 Å². The largest absolute Gasteiger partial charge is 0.480 e. The highest BCUT2D eigenvalue weighted by atomic mass is 16.4. The molecule has 1 saturated carbocycles. The Hall–Kier alpha value is -1.26. The highest BCUT2D eigenvalue weighted by Gasteiger charge is 2.40. The van der Waals surface area contributed by atoms with Crippen LogP contribution in [0.4, 0.5) is 0 Å². The molecule has 1 aliphatic carbocycles. The molecule has 6 nitrogen and oxygen atoms in total. The summed E-state index contributed by atoms with van der Waals surface area (Å²) in [6, 6.07) is 0. The summed E-state index contributed by atoms with van der Waals surface area (Å²) in [6.45, 7) is 3.16. The first-order valence-electron chi connectivity index (χ1n) is 6.64. The lowest BCUT2D eigenvalue weighted by molar-refractivity contribution is -0.146. The van der Waals surface area contributed by atoms with Gasteiger partial charge in [0.15, 0.2) is 0 Å². The van der Waals surface area contributed by atoms with Gasteiger partial charge in [0.25, 0.3) is 0 Å². The van der Waals surface area contributed by atoms with Crippen molar-refractivity contribution in [2.24, 2.45) is 11.0 Å². The summed E-state index contributed by atoms with van der Waals surface area (Å²) in [4.78, 5) is 14.1. The molecule has 1 rings (SSSR count). The molecule has 1 aliphatic rings. The van der Waals surface area contributed by atoms with Crippen LogP contribution in [0.3, 0.4) is 0 Å². The zero-order valence-corrected chi connectivity index (χ0v) is 10.9. The van der Waals surface area contributed by atoms with E-state index in [1.807, 2.05) is 0 Å². The maximum Gasteiger partial charge on any atom is 0.323 e. The predicted octanol–water partition coefficient (Wildman–Crippen LogP) is 2.70. The second kappa shape index (κ2) is 7.24. The standard InChI is InChI=1S/C12H22N4O2/c1-2-10-4-6-12(7-5-10,11(17)18)14-8-3-9-15-16-13/h10,14H,2-9H2,1H3,(H,17,18). The van der Waals surface area contributed by atoms with Gasteiger partial charge in [-0.3, -0.25) is 4.79 Å². The highest BCUT2D eigenvalue weighted by molar-refractivity contribution is 5.78. The van der Waals surface area contributed by atoms with Gasteiger partial charge in [0.05, 0.1) is 0 Å². The van der Waals surface area contributed by atoms with Crippen LogP contribution in [0.25, 0.3) is 10.4 Å². The Bertz CT molecular complexity index is 318. The SMILES string of the molecule is CCC1CCC(NCCCN=[N+]=[N-])(C(=O)O)CC1. The molecular formula is C12H22N4O2. The van der Waals surface area contributed by atoms with E-state index in [0.717, 1.165) is 19.3 Å². The summed E-state index contributed by atoms with van der Waals surface area (Å²) < 4.78 is 0. The van der Waals surface area contributed by atoms with E-state index in [2.05, 4.69) is 22.3 Å². The molecule has 102 valence electrons. The van der Waals surface area contributed by atoms with Crippen LogP contribution in [-0.2, 0) is 4.79 Å². The van der Waals surface area contributed by atoms with Gasteiger partial charge < -0.3 is 10.4 Å². The van der Waals surface area contributed by atoms with Crippen LogP contribution in [-0.4, -0.2) is 29.7 Å². The minimum atomic E-state index is -0.762. The molecule has 0 aromatic rings.